The Morgan fingerprint density at radius 1 is 1.04 bits per heavy atom. The third-order valence-corrected chi connectivity index (χ3v) is 9.56. The molecular weight excluding hydrogens is 320 g/mol. The molecule has 0 heterocycles. The Hall–Kier alpha value is -0.630. The van der Waals surface area contributed by atoms with Crippen LogP contribution in [0.2, 0.25) is 0 Å². The molecule has 4 saturated carbocycles. The molecule has 0 radical (unpaired) electrons. The van der Waals surface area contributed by atoms with E-state index in [1.165, 1.54) is 51.4 Å². The van der Waals surface area contributed by atoms with Crippen molar-refractivity contribution in [2.45, 2.75) is 84.7 Å². The van der Waals surface area contributed by atoms with Crippen molar-refractivity contribution in [1.29, 1.82) is 0 Å². The predicted octanol–water partition coefficient (Wildman–Crippen LogP) is 5.81. The van der Waals surface area contributed by atoms with Crippen LogP contribution in [0.3, 0.4) is 0 Å². The molecule has 26 heavy (non-hydrogen) atoms. The third-order valence-electron chi connectivity index (χ3n) is 9.56. The van der Waals surface area contributed by atoms with E-state index in [2.05, 4.69) is 20.4 Å². The van der Waals surface area contributed by atoms with Gasteiger partial charge in [0.05, 0.1) is 12.7 Å². The van der Waals surface area contributed by atoms with Crippen LogP contribution in [-0.2, 0) is 9.53 Å². The molecule has 0 spiro atoms. The lowest BCUT2D eigenvalue weighted by molar-refractivity contribution is -0.141. The predicted molar refractivity (Wildman–Crippen MR) is 106 cm³/mol. The lowest BCUT2D eigenvalue weighted by atomic mass is 9.44. The topological polar surface area (TPSA) is 26.3 Å². The van der Waals surface area contributed by atoms with Crippen LogP contribution >= 0.6 is 0 Å². The van der Waals surface area contributed by atoms with Gasteiger partial charge in [-0.05, 0) is 99.2 Å². The van der Waals surface area contributed by atoms with Crippen LogP contribution in [0.4, 0.5) is 0 Å². The average molecular weight is 359 g/mol. The monoisotopic (exact) mass is 358 g/mol. The van der Waals surface area contributed by atoms with Crippen LogP contribution in [0.25, 0.3) is 0 Å². The van der Waals surface area contributed by atoms with E-state index in [1.807, 2.05) is 13.0 Å². The van der Waals surface area contributed by atoms with Crippen LogP contribution in [0, 0.1) is 40.4 Å². The van der Waals surface area contributed by atoms with Crippen molar-refractivity contribution in [2.75, 3.05) is 6.61 Å². The Kier molecular flexibility index (Phi) is 4.87. The van der Waals surface area contributed by atoms with Crippen LogP contribution < -0.4 is 0 Å². The molecular formula is C24H38O2. The lowest BCUT2D eigenvalue weighted by Gasteiger charge is -2.61. The first-order valence-corrected chi connectivity index (χ1v) is 11.1. The van der Waals surface area contributed by atoms with Gasteiger partial charge in [0, 0.05) is 5.92 Å². The number of carbonyl (C=O) groups excluding carboxylic acids is 1. The van der Waals surface area contributed by atoms with Crippen molar-refractivity contribution < 1.29 is 9.53 Å². The summed E-state index contributed by atoms with van der Waals surface area (Å²) in [6.07, 6.45) is 14.0. The van der Waals surface area contributed by atoms with Crippen molar-refractivity contribution in [3.63, 3.8) is 0 Å². The molecule has 0 aromatic carbocycles. The quantitative estimate of drug-likeness (QED) is 0.593. The fourth-order valence-corrected chi connectivity index (χ4v) is 8.24. The molecule has 4 fully saturated rings. The van der Waals surface area contributed by atoms with Gasteiger partial charge in [-0.1, -0.05) is 19.9 Å². The van der Waals surface area contributed by atoms with Gasteiger partial charge < -0.3 is 4.74 Å². The first-order chi connectivity index (χ1) is 12.4. The Labute approximate surface area is 160 Å². The average Bonchev–Trinajstić information content (AvgIpc) is 2.97. The second kappa shape index (κ2) is 6.76. The van der Waals surface area contributed by atoms with Crippen molar-refractivity contribution in [2.24, 2.45) is 40.4 Å². The van der Waals surface area contributed by atoms with E-state index in [-0.39, 0.29) is 0 Å². The lowest BCUT2D eigenvalue weighted by Crippen LogP contribution is -2.54. The normalized spacial score (nSPS) is 50.4. The second-order valence-corrected chi connectivity index (χ2v) is 10.5. The zero-order valence-electron chi connectivity index (χ0n) is 17.1. The van der Waals surface area contributed by atoms with Crippen LogP contribution in [0.5, 0.6) is 0 Å². The van der Waals surface area contributed by atoms with E-state index in [0.29, 0.717) is 35.2 Å². The van der Waals surface area contributed by atoms with Crippen molar-refractivity contribution >= 4 is 5.78 Å². The van der Waals surface area contributed by atoms with Gasteiger partial charge >= 0.3 is 0 Å². The Morgan fingerprint density at radius 2 is 1.77 bits per heavy atom. The Balaban J connectivity index is 1.52. The SMILES string of the molecule is C=CCO[C@H]1CC[C@@]2(C)C(CCC3C2CC[C@@]2(C)C3CC[C@@H]2C(C)=O)C1. The fourth-order valence-electron chi connectivity index (χ4n) is 8.24. The first kappa shape index (κ1) is 18.7. The van der Waals surface area contributed by atoms with E-state index in [4.69, 9.17) is 4.74 Å². The summed E-state index contributed by atoms with van der Waals surface area (Å²) in [6, 6.07) is 0. The molecule has 8 atom stereocenters. The Morgan fingerprint density at radius 3 is 2.50 bits per heavy atom. The molecule has 2 nitrogen and oxygen atoms in total. The van der Waals surface area contributed by atoms with Gasteiger partial charge in [0.25, 0.3) is 0 Å². The molecule has 0 saturated heterocycles. The van der Waals surface area contributed by atoms with Gasteiger partial charge in [-0.25, -0.2) is 0 Å². The largest absolute Gasteiger partial charge is 0.374 e. The number of ether oxygens (including phenoxy) is 1. The summed E-state index contributed by atoms with van der Waals surface area (Å²) >= 11 is 0. The molecule has 0 N–H and O–H groups in total. The first-order valence-electron chi connectivity index (χ1n) is 11.1. The summed E-state index contributed by atoms with van der Waals surface area (Å²) in [5.74, 6) is 4.16. The van der Waals surface area contributed by atoms with Gasteiger partial charge in [0.15, 0.2) is 0 Å². The molecule has 4 aliphatic rings. The summed E-state index contributed by atoms with van der Waals surface area (Å²) in [4.78, 5) is 12.3. The molecule has 4 unspecified atom stereocenters. The number of Topliss-reactive ketones (excluding diaryl/α,β-unsaturated/α-hetero) is 1. The number of hydrogen-bond acceptors (Lipinski definition) is 2. The summed E-state index contributed by atoms with van der Waals surface area (Å²) in [6.45, 7) is 11.4. The van der Waals surface area contributed by atoms with Crippen molar-refractivity contribution in [1.82, 2.24) is 0 Å². The minimum Gasteiger partial charge on any atom is -0.374 e. The fraction of sp³-hybridized carbons (Fsp3) is 0.875. The van der Waals surface area contributed by atoms with E-state index in [0.717, 1.165) is 30.1 Å². The van der Waals surface area contributed by atoms with Crippen molar-refractivity contribution in [3.8, 4) is 0 Å². The maximum Gasteiger partial charge on any atom is 0.133 e. The number of ketones is 1. The van der Waals surface area contributed by atoms with Crippen molar-refractivity contribution in [3.05, 3.63) is 12.7 Å². The molecule has 0 aliphatic heterocycles. The smallest absolute Gasteiger partial charge is 0.133 e. The molecule has 146 valence electrons. The van der Waals surface area contributed by atoms with Gasteiger partial charge in [0.2, 0.25) is 0 Å². The third kappa shape index (κ3) is 2.74. The molecule has 4 rings (SSSR count). The Bertz CT molecular complexity index is 569. The summed E-state index contributed by atoms with van der Waals surface area (Å²) < 4.78 is 6.03. The highest BCUT2D eigenvalue weighted by Crippen LogP contribution is 2.67. The zero-order valence-corrected chi connectivity index (χ0v) is 17.1. The summed E-state index contributed by atoms with van der Waals surface area (Å²) in [5, 5.41) is 0. The van der Waals surface area contributed by atoms with E-state index >= 15 is 0 Å². The number of rotatable bonds is 4. The summed E-state index contributed by atoms with van der Waals surface area (Å²) in [5.41, 5.74) is 0.799. The van der Waals surface area contributed by atoms with Gasteiger partial charge in [0.1, 0.15) is 5.78 Å². The standard InChI is InChI=1S/C24H38O2/c1-5-14-26-18-10-12-23(3)17(15-18)6-7-19-21-9-8-20(16(2)25)24(21,4)13-11-22(19)23/h5,17-22H,1,6-15H2,2-4H3/t17?,18-,19?,20+,21?,22?,23-,24+/m0/s1. The molecule has 4 aliphatic carbocycles. The molecule has 0 aromatic heterocycles. The maximum absolute atomic E-state index is 12.3. The van der Waals surface area contributed by atoms with Crippen LogP contribution in [-0.4, -0.2) is 18.5 Å². The van der Waals surface area contributed by atoms with Gasteiger partial charge in [-0.15, -0.1) is 6.58 Å². The highest BCUT2D eigenvalue weighted by atomic mass is 16.5. The molecule has 2 heteroatoms. The maximum atomic E-state index is 12.3. The number of fused-ring (bicyclic) bond motifs is 5. The van der Waals surface area contributed by atoms with E-state index in [9.17, 15) is 4.79 Å². The molecule has 0 aromatic rings. The minimum atomic E-state index is 0.292. The summed E-state index contributed by atoms with van der Waals surface area (Å²) in [7, 11) is 0. The number of carbonyl (C=O) groups is 1. The minimum absolute atomic E-state index is 0.292. The van der Waals surface area contributed by atoms with Gasteiger partial charge in [-0.3, -0.25) is 4.79 Å². The zero-order chi connectivity index (χ0) is 18.5. The molecule has 0 amide bonds. The molecule has 0 bridgehead atoms. The van der Waals surface area contributed by atoms with Gasteiger partial charge in [-0.2, -0.15) is 0 Å². The van der Waals surface area contributed by atoms with E-state index in [1.54, 1.807) is 0 Å². The van der Waals surface area contributed by atoms with Crippen LogP contribution in [0.15, 0.2) is 12.7 Å². The second-order valence-electron chi connectivity index (χ2n) is 10.5. The van der Waals surface area contributed by atoms with Crippen LogP contribution in [0.1, 0.15) is 78.6 Å². The number of hydrogen-bond donors (Lipinski definition) is 0. The highest BCUT2D eigenvalue weighted by molar-refractivity contribution is 5.79. The highest BCUT2D eigenvalue weighted by Gasteiger charge is 2.60. The van der Waals surface area contributed by atoms with E-state index < -0.39 is 0 Å².